The van der Waals surface area contributed by atoms with Gasteiger partial charge in [0.25, 0.3) is 0 Å². The van der Waals surface area contributed by atoms with Gasteiger partial charge in [-0.2, -0.15) is 4.98 Å². The summed E-state index contributed by atoms with van der Waals surface area (Å²) in [5.74, 6) is 2.40. The monoisotopic (exact) mass is 483 g/mol. The van der Waals surface area contributed by atoms with Crippen LogP contribution in [0.25, 0.3) is 0 Å². The lowest BCUT2D eigenvalue weighted by molar-refractivity contribution is 0.258. The Hall–Kier alpha value is -2.94. The standard InChI is InChI=1S/C24H27ClFN7O/c1-14-7-21(28-13-27-14)32-11-15-5-6-16(12-32)22(15)29-23-30-24(33(31-23)19-3-2-4-19)34-20-9-17(25)8-18(26)10-20/h7-10,13,15-16,19,22H,2-6,11-12H2,1H3,(H,29,31). The number of anilines is 2. The van der Waals surface area contributed by atoms with Crippen LogP contribution in [-0.4, -0.2) is 43.9 Å². The molecule has 2 saturated carbocycles. The van der Waals surface area contributed by atoms with Crippen molar-refractivity contribution >= 4 is 23.4 Å². The second-order valence-electron chi connectivity index (χ2n) is 9.64. The first-order chi connectivity index (χ1) is 16.5. The zero-order valence-corrected chi connectivity index (χ0v) is 19.7. The van der Waals surface area contributed by atoms with E-state index in [2.05, 4.69) is 31.2 Å². The number of nitrogens with zero attached hydrogens (tertiary/aromatic N) is 6. The van der Waals surface area contributed by atoms with Crippen molar-refractivity contribution in [3.63, 3.8) is 0 Å². The minimum atomic E-state index is -0.447. The Morgan fingerprint density at radius 3 is 2.53 bits per heavy atom. The number of hydrogen-bond donors (Lipinski definition) is 1. The Kier molecular flexibility index (Phi) is 5.51. The van der Waals surface area contributed by atoms with Gasteiger partial charge in [0.15, 0.2) is 0 Å². The zero-order chi connectivity index (χ0) is 23.2. The lowest BCUT2D eigenvalue weighted by Crippen LogP contribution is -2.48. The molecule has 0 amide bonds. The summed E-state index contributed by atoms with van der Waals surface area (Å²) >= 11 is 6.01. The summed E-state index contributed by atoms with van der Waals surface area (Å²) in [6.07, 6.45) is 7.19. The molecule has 2 atom stereocenters. The summed E-state index contributed by atoms with van der Waals surface area (Å²) in [4.78, 5) is 15.8. The zero-order valence-electron chi connectivity index (χ0n) is 19.0. The van der Waals surface area contributed by atoms with E-state index in [0.717, 1.165) is 56.7 Å². The third-order valence-electron chi connectivity index (χ3n) is 7.31. The lowest BCUT2D eigenvalue weighted by Gasteiger charge is -2.38. The highest BCUT2D eigenvalue weighted by molar-refractivity contribution is 6.30. The molecule has 0 radical (unpaired) electrons. The van der Waals surface area contributed by atoms with Crippen LogP contribution < -0.4 is 15.0 Å². The van der Waals surface area contributed by atoms with E-state index in [4.69, 9.17) is 21.4 Å². The first kappa shape index (κ1) is 21.6. The molecule has 3 heterocycles. The Labute approximate surface area is 202 Å². The number of hydrogen-bond acceptors (Lipinski definition) is 7. The minimum Gasteiger partial charge on any atom is -0.424 e. The van der Waals surface area contributed by atoms with Gasteiger partial charge in [-0.3, -0.25) is 0 Å². The predicted molar refractivity (Wildman–Crippen MR) is 127 cm³/mol. The smallest absolute Gasteiger partial charge is 0.322 e. The van der Waals surface area contributed by atoms with Gasteiger partial charge in [-0.25, -0.2) is 19.0 Å². The third kappa shape index (κ3) is 4.17. The highest BCUT2D eigenvalue weighted by Crippen LogP contribution is 2.41. The van der Waals surface area contributed by atoms with Crippen LogP contribution in [0.2, 0.25) is 5.02 Å². The molecule has 2 aliphatic carbocycles. The van der Waals surface area contributed by atoms with Crippen LogP contribution in [-0.2, 0) is 0 Å². The highest BCUT2D eigenvalue weighted by atomic mass is 35.5. The molecule has 178 valence electrons. The molecule has 10 heteroatoms. The fourth-order valence-corrected chi connectivity index (χ4v) is 5.62. The average molecular weight is 484 g/mol. The Morgan fingerprint density at radius 2 is 1.85 bits per heavy atom. The Balaban J connectivity index is 1.21. The van der Waals surface area contributed by atoms with Crippen molar-refractivity contribution < 1.29 is 9.13 Å². The van der Waals surface area contributed by atoms with Crippen molar-refractivity contribution in [3.8, 4) is 11.8 Å². The molecule has 1 aromatic carbocycles. The number of aryl methyl sites for hydroxylation is 1. The number of ether oxygens (including phenoxy) is 1. The molecule has 1 N–H and O–H groups in total. The number of halogens is 2. The van der Waals surface area contributed by atoms with E-state index >= 15 is 0 Å². The van der Waals surface area contributed by atoms with Crippen LogP contribution in [0, 0.1) is 24.6 Å². The molecule has 2 aromatic heterocycles. The van der Waals surface area contributed by atoms with Gasteiger partial charge in [0.2, 0.25) is 5.95 Å². The summed E-state index contributed by atoms with van der Waals surface area (Å²) in [6, 6.07) is 7.12. The van der Waals surface area contributed by atoms with Crippen LogP contribution in [0.5, 0.6) is 11.8 Å². The van der Waals surface area contributed by atoms with Gasteiger partial charge in [0.1, 0.15) is 23.7 Å². The van der Waals surface area contributed by atoms with E-state index in [0.29, 0.717) is 35.6 Å². The predicted octanol–water partition coefficient (Wildman–Crippen LogP) is 5.01. The molecule has 2 unspecified atom stereocenters. The molecule has 0 spiro atoms. The Bertz CT molecular complexity index is 1170. The number of fused-ring (bicyclic) bond motifs is 2. The first-order valence-corrected chi connectivity index (χ1v) is 12.3. The summed E-state index contributed by atoms with van der Waals surface area (Å²) < 4.78 is 21.6. The van der Waals surface area contributed by atoms with E-state index in [-0.39, 0.29) is 11.1 Å². The maximum absolute atomic E-state index is 13.8. The van der Waals surface area contributed by atoms with Gasteiger partial charge in [-0.1, -0.05) is 11.6 Å². The quantitative estimate of drug-likeness (QED) is 0.527. The molecule has 1 aliphatic heterocycles. The third-order valence-corrected chi connectivity index (χ3v) is 7.53. The summed E-state index contributed by atoms with van der Waals surface area (Å²) in [6.45, 7) is 3.88. The molecule has 1 saturated heterocycles. The van der Waals surface area contributed by atoms with E-state index in [1.54, 1.807) is 12.4 Å². The van der Waals surface area contributed by atoms with Crippen molar-refractivity contribution in [2.45, 2.75) is 51.1 Å². The van der Waals surface area contributed by atoms with Crippen molar-refractivity contribution in [2.75, 3.05) is 23.3 Å². The fraction of sp³-hybridized carbons (Fsp3) is 0.500. The molecule has 3 aromatic rings. The van der Waals surface area contributed by atoms with E-state index < -0.39 is 5.82 Å². The molecule has 3 aliphatic rings. The van der Waals surface area contributed by atoms with Gasteiger partial charge in [-0.05, 0) is 63.0 Å². The topological polar surface area (TPSA) is 81.0 Å². The van der Waals surface area contributed by atoms with Gasteiger partial charge in [0, 0.05) is 42.0 Å². The number of benzene rings is 1. The first-order valence-electron chi connectivity index (χ1n) is 11.9. The molecular weight excluding hydrogens is 457 g/mol. The van der Waals surface area contributed by atoms with Crippen LogP contribution in [0.15, 0.2) is 30.6 Å². The van der Waals surface area contributed by atoms with Gasteiger partial charge in [-0.15, -0.1) is 5.10 Å². The Morgan fingerprint density at radius 1 is 1.06 bits per heavy atom. The second kappa shape index (κ2) is 8.69. The summed E-state index contributed by atoms with van der Waals surface area (Å²) in [7, 11) is 0. The van der Waals surface area contributed by atoms with Crippen LogP contribution >= 0.6 is 11.6 Å². The molecular formula is C24H27ClFN7O. The lowest BCUT2D eigenvalue weighted by atomic mass is 9.92. The van der Waals surface area contributed by atoms with E-state index in [1.807, 2.05) is 11.6 Å². The second-order valence-corrected chi connectivity index (χ2v) is 10.1. The van der Waals surface area contributed by atoms with E-state index in [9.17, 15) is 4.39 Å². The van der Waals surface area contributed by atoms with Crippen molar-refractivity contribution in [1.29, 1.82) is 0 Å². The van der Waals surface area contributed by atoms with Crippen molar-refractivity contribution in [1.82, 2.24) is 24.7 Å². The SMILES string of the molecule is Cc1cc(N2CC3CCC(C2)C3Nc2nc(Oc3cc(F)cc(Cl)c3)n(C3CCC3)n2)ncn1. The molecule has 8 nitrogen and oxygen atoms in total. The van der Waals surface area contributed by atoms with Gasteiger partial charge in [0.05, 0.1) is 6.04 Å². The van der Waals surface area contributed by atoms with Crippen LogP contribution in [0.4, 0.5) is 16.2 Å². The average Bonchev–Trinajstić information content (AvgIpc) is 3.21. The van der Waals surface area contributed by atoms with Crippen LogP contribution in [0.1, 0.15) is 43.8 Å². The molecule has 2 bridgehead atoms. The minimum absolute atomic E-state index is 0.252. The highest BCUT2D eigenvalue weighted by Gasteiger charge is 2.43. The van der Waals surface area contributed by atoms with E-state index in [1.165, 1.54) is 12.1 Å². The van der Waals surface area contributed by atoms with Crippen molar-refractivity contribution in [2.24, 2.45) is 11.8 Å². The summed E-state index contributed by atoms with van der Waals surface area (Å²) in [5.41, 5.74) is 0.982. The van der Waals surface area contributed by atoms with Gasteiger partial charge < -0.3 is 15.0 Å². The normalized spacial score (nSPS) is 24.2. The van der Waals surface area contributed by atoms with Crippen LogP contribution in [0.3, 0.4) is 0 Å². The number of piperidine rings is 1. The molecule has 3 fully saturated rings. The maximum atomic E-state index is 13.8. The fourth-order valence-electron chi connectivity index (χ4n) is 5.41. The number of rotatable bonds is 6. The molecule has 34 heavy (non-hydrogen) atoms. The number of aromatic nitrogens is 5. The summed E-state index contributed by atoms with van der Waals surface area (Å²) in [5, 5.41) is 8.66. The molecule has 6 rings (SSSR count). The largest absolute Gasteiger partial charge is 0.424 e. The van der Waals surface area contributed by atoms with Crippen molar-refractivity contribution in [3.05, 3.63) is 47.1 Å². The van der Waals surface area contributed by atoms with Gasteiger partial charge >= 0.3 is 6.01 Å². The maximum Gasteiger partial charge on any atom is 0.322 e. The number of nitrogens with one attached hydrogen (secondary N) is 1.